The number of anilines is 1. The van der Waals surface area contributed by atoms with E-state index in [4.69, 9.17) is 15.2 Å². The molecule has 138 valence electrons. The Hall–Kier alpha value is -3.83. The molecule has 8 heteroatoms. The molecule has 1 atom stereocenters. The van der Waals surface area contributed by atoms with Gasteiger partial charge in [-0.2, -0.15) is 5.26 Å². The Kier molecular flexibility index (Phi) is 6.93. The number of nitriles is 1. The van der Waals surface area contributed by atoms with E-state index in [1.165, 1.54) is 23.7 Å². The van der Waals surface area contributed by atoms with Crippen molar-refractivity contribution in [2.45, 2.75) is 12.5 Å². The summed E-state index contributed by atoms with van der Waals surface area (Å²) in [6.07, 6.45) is 1.26. The molecule has 0 aliphatic heterocycles. The fraction of sp³-hybridized carbons (Fsp3) is 0.105. The zero-order valence-electron chi connectivity index (χ0n) is 14.1. The van der Waals surface area contributed by atoms with Crippen LogP contribution in [0, 0.1) is 11.3 Å². The van der Waals surface area contributed by atoms with Gasteiger partial charge in [0.1, 0.15) is 11.9 Å². The van der Waals surface area contributed by atoms with E-state index in [-0.39, 0.29) is 12.2 Å². The van der Waals surface area contributed by atoms with Crippen LogP contribution in [0.5, 0.6) is 5.75 Å². The van der Waals surface area contributed by atoms with Crippen molar-refractivity contribution in [3.63, 3.8) is 0 Å². The lowest BCUT2D eigenvalue weighted by Gasteiger charge is -2.17. The number of phenolic OH excluding ortho intramolecular Hbond substituents is 1. The van der Waals surface area contributed by atoms with Crippen molar-refractivity contribution in [2.24, 2.45) is 0 Å². The monoisotopic (exact) mass is 367 g/mol. The van der Waals surface area contributed by atoms with Crippen molar-refractivity contribution in [3.05, 3.63) is 71.8 Å². The minimum Gasteiger partial charge on any atom is -0.508 e. The van der Waals surface area contributed by atoms with E-state index in [0.717, 1.165) is 6.08 Å². The van der Waals surface area contributed by atoms with Crippen LogP contribution in [0.2, 0.25) is 0 Å². The largest absolute Gasteiger partial charge is 0.508 e. The number of benzene rings is 2. The van der Waals surface area contributed by atoms with Gasteiger partial charge in [-0.15, -0.1) is 0 Å². The average Bonchev–Trinajstić information content (AvgIpc) is 2.68. The molecule has 2 aromatic carbocycles. The summed E-state index contributed by atoms with van der Waals surface area (Å²) in [6, 6.07) is 14.3. The van der Waals surface area contributed by atoms with Crippen molar-refractivity contribution in [2.75, 3.05) is 5.32 Å². The van der Waals surface area contributed by atoms with Gasteiger partial charge < -0.3 is 9.84 Å². The lowest BCUT2D eigenvalue weighted by Crippen LogP contribution is -2.18. The number of hydrogen-bond donors (Lipinski definition) is 4. The SMILES string of the molecule is N#Cc1ccc(NC(=O)O[C@@H](C/C=C/C(=O)NO)c2ccc(O)cc2)cc1. The van der Waals surface area contributed by atoms with E-state index in [0.29, 0.717) is 16.8 Å². The van der Waals surface area contributed by atoms with Gasteiger partial charge in [0.15, 0.2) is 0 Å². The summed E-state index contributed by atoms with van der Waals surface area (Å²) in [5, 5.41) is 29.2. The number of nitrogens with one attached hydrogen (secondary N) is 2. The van der Waals surface area contributed by atoms with Crippen molar-refractivity contribution in [1.82, 2.24) is 5.48 Å². The maximum atomic E-state index is 12.2. The molecule has 0 aliphatic carbocycles. The van der Waals surface area contributed by atoms with Gasteiger partial charge >= 0.3 is 6.09 Å². The summed E-state index contributed by atoms with van der Waals surface area (Å²) in [5.74, 6) is -0.642. The second kappa shape index (κ2) is 9.60. The number of rotatable bonds is 6. The number of phenols is 1. The first-order valence-corrected chi connectivity index (χ1v) is 7.89. The third kappa shape index (κ3) is 6.19. The maximum Gasteiger partial charge on any atom is 0.412 e. The average molecular weight is 367 g/mol. The molecule has 0 unspecified atom stereocenters. The lowest BCUT2D eigenvalue weighted by atomic mass is 10.1. The highest BCUT2D eigenvalue weighted by Gasteiger charge is 2.16. The number of aromatic hydroxyl groups is 1. The minimum absolute atomic E-state index is 0.0646. The van der Waals surface area contributed by atoms with E-state index < -0.39 is 18.1 Å². The van der Waals surface area contributed by atoms with E-state index >= 15 is 0 Å². The van der Waals surface area contributed by atoms with Gasteiger partial charge in [-0.05, 0) is 42.0 Å². The zero-order chi connectivity index (χ0) is 19.6. The van der Waals surface area contributed by atoms with Gasteiger partial charge in [-0.3, -0.25) is 15.3 Å². The number of hydroxylamine groups is 1. The van der Waals surface area contributed by atoms with Crippen LogP contribution in [0.3, 0.4) is 0 Å². The van der Waals surface area contributed by atoms with Crippen molar-refractivity contribution in [1.29, 1.82) is 5.26 Å². The Morgan fingerprint density at radius 1 is 1.15 bits per heavy atom. The number of amides is 2. The molecule has 0 radical (unpaired) electrons. The van der Waals surface area contributed by atoms with E-state index in [2.05, 4.69) is 5.32 Å². The predicted octanol–water partition coefficient (Wildman–Crippen LogP) is 3.01. The highest BCUT2D eigenvalue weighted by Crippen LogP contribution is 2.24. The fourth-order valence-corrected chi connectivity index (χ4v) is 2.18. The first kappa shape index (κ1) is 19.5. The van der Waals surface area contributed by atoms with Gasteiger partial charge in [0.25, 0.3) is 5.91 Å². The van der Waals surface area contributed by atoms with Crippen LogP contribution in [-0.4, -0.2) is 22.3 Å². The summed E-state index contributed by atoms with van der Waals surface area (Å²) in [7, 11) is 0. The van der Waals surface area contributed by atoms with Gasteiger partial charge in [0, 0.05) is 18.2 Å². The number of carbonyl (C=O) groups is 2. The molecule has 4 N–H and O–H groups in total. The second-order valence-electron chi connectivity index (χ2n) is 5.41. The summed E-state index contributed by atoms with van der Waals surface area (Å²) in [5.41, 5.74) is 2.99. The third-order valence-electron chi connectivity index (χ3n) is 3.50. The highest BCUT2D eigenvalue weighted by molar-refractivity contribution is 5.86. The summed E-state index contributed by atoms with van der Waals surface area (Å²) >= 11 is 0. The Labute approximate surface area is 155 Å². The van der Waals surface area contributed by atoms with E-state index in [1.54, 1.807) is 36.4 Å². The second-order valence-corrected chi connectivity index (χ2v) is 5.41. The van der Waals surface area contributed by atoms with E-state index in [1.807, 2.05) is 6.07 Å². The Balaban J connectivity index is 2.08. The molecule has 0 bridgehead atoms. The van der Waals surface area contributed by atoms with Crippen LogP contribution in [0.1, 0.15) is 23.7 Å². The van der Waals surface area contributed by atoms with Gasteiger partial charge in [-0.1, -0.05) is 18.2 Å². The Morgan fingerprint density at radius 3 is 2.41 bits per heavy atom. The standard InChI is InChI=1S/C19H17N3O5/c20-12-13-4-8-15(9-5-13)21-19(25)27-17(2-1-3-18(24)22-26)14-6-10-16(23)11-7-14/h1,3-11,17,23,26H,2H2,(H,21,25)(H,22,24)/b3-1+/t17-/m0/s1. The van der Waals surface area contributed by atoms with Crippen LogP contribution >= 0.6 is 0 Å². The van der Waals surface area contributed by atoms with Crippen molar-refractivity contribution in [3.8, 4) is 11.8 Å². The Morgan fingerprint density at radius 2 is 1.81 bits per heavy atom. The molecule has 0 aliphatic rings. The highest BCUT2D eigenvalue weighted by atomic mass is 16.6. The topological polar surface area (TPSA) is 132 Å². The molecule has 8 nitrogen and oxygen atoms in total. The van der Waals surface area contributed by atoms with E-state index in [9.17, 15) is 14.7 Å². The van der Waals surface area contributed by atoms with Crippen molar-refractivity contribution >= 4 is 17.7 Å². The van der Waals surface area contributed by atoms with Crippen LogP contribution in [0.15, 0.2) is 60.7 Å². The van der Waals surface area contributed by atoms with Crippen LogP contribution in [0.25, 0.3) is 0 Å². The van der Waals surface area contributed by atoms with Crippen LogP contribution < -0.4 is 10.8 Å². The molecule has 0 aromatic heterocycles. The molecule has 0 saturated heterocycles. The predicted molar refractivity (Wildman–Crippen MR) is 95.8 cm³/mol. The van der Waals surface area contributed by atoms with Crippen LogP contribution in [0.4, 0.5) is 10.5 Å². The quantitative estimate of drug-likeness (QED) is 0.352. The molecule has 0 fully saturated rings. The number of carbonyl (C=O) groups excluding carboxylic acids is 2. The first-order chi connectivity index (χ1) is 13.0. The van der Waals surface area contributed by atoms with Crippen LogP contribution in [-0.2, 0) is 9.53 Å². The lowest BCUT2D eigenvalue weighted by molar-refractivity contribution is -0.124. The first-order valence-electron chi connectivity index (χ1n) is 7.89. The normalized spacial score (nSPS) is 11.4. The molecule has 0 heterocycles. The summed E-state index contributed by atoms with van der Waals surface area (Å²) < 4.78 is 5.41. The van der Waals surface area contributed by atoms with Gasteiger partial charge in [0.2, 0.25) is 0 Å². The summed E-state index contributed by atoms with van der Waals surface area (Å²) in [4.78, 5) is 23.2. The third-order valence-corrected chi connectivity index (χ3v) is 3.50. The zero-order valence-corrected chi connectivity index (χ0v) is 14.1. The molecule has 0 saturated carbocycles. The number of ether oxygens (including phenoxy) is 1. The fourth-order valence-electron chi connectivity index (χ4n) is 2.18. The molecule has 2 amide bonds. The number of hydrogen-bond acceptors (Lipinski definition) is 6. The van der Waals surface area contributed by atoms with Gasteiger partial charge in [0.05, 0.1) is 11.6 Å². The molecule has 2 rings (SSSR count). The maximum absolute atomic E-state index is 12.2. The molecule has 2 aromatic rings. The minimum atomic E-state index is -0.730. The molecule has 27 heavy (non-hydrogen) atoms. The molecular weight excluding hydrogens is 350 g/mol. The van der Waals surface area contributed by atoms with Gasteiger partial charge in [-0.25, -0.2) is 10.3 Å². The summed E-state index contributed by atoms with van der Waals surface area (Å²) in [6.45, 7) is 0. The number of nitrogens with zero attached hydrogens (tertiary/aromatic N) is 1. The Bertz CT molecular complexity index is 854. The molecular formula is C19H17N3O5. The van der Waals surface area contributed by atoms with Crippen molar-refractivity contribution < 1.29 is 24.6 Å². The molecule has 0 spiro atoms. The smallest absolute Gasteiger partial charge is 0.412 e.